The summed E-state index contributed by atoms with van der Waals surface area (Å²) in [5.41, 5.74) is 3.33. The number of hydrogen-bond donors (Lipinski definition) is 1. The molecule has 6 heteroatoms. The van der Waals surface area contributed by atoms with Crippen LogP contribution in [-0.2, 0) is 12.8 Å². The van der Waals surface area contributed by atoms with E-state index < -0.39 is 5.63 Å². The second-order valence-corrected chi connectivity index (χ2v) is 9.72. The number of hydrogen-bond acceptors (Lipinski definition) is 6. The lowest BCUT2D eigenvalue weighted by Gasteiger charge is -2.29. The summed E-state index contributed by atoms with van der Waals surface area (Å²) in [5, 5.41) is 10.9. The Labute approximate surface area is 205 Å². The van der Waals surface area contributed by atoms with Crippen LogP contribution in [0, 0.1) is 6.92 Å². The number of carbonyl (C=O) groups is 1. The third kappa shape index (κ3) is 5.82. The second-order valence-electron chi connectivity index (χ2n) is 9.72. The zero-order chi connectivity index (χ0) is 25.1. The largest absolute Gasteiger partial charge is 0.508 e. The van der Waals surface area contributed by atoms with Crippen LogP contribution in [0.3, 0.4) is 0 Å². The molecule has 0 unspecified atom stereocenters. The highest BCUT2D eigenvalue weighted by molar-refractivity contribution is 5.98. The van der Waals surface area contributed by atoms with Gasteiger partial charge in [-0.1, -0.05) is 11.6 Å². The smallest absolute Gasteiger partial charge is 0.339 e. The molecule has 1 fully saturated rings. The third-order valence-electron chi connectivity index (χ3n) is 6.62. The van der Waals surface area contributed by atoms with Crippen LogP contribution < -0.4 is 10.4 Å². The van der Waals surface area contributed by atoms with Crippen molar-refractivity contribution in [1.29, 1.82) is 0 Å². The first kappa shape index (κ1) is 24.7. The lowest BCUT2D eigenvalue weighted by Crippen LogP contribution is -2.35. The zero-order valence-electron chi connectivity index (χ0n) is 20.9. The van der Waals surface area contributed by atoms with Crippen molar-refractivity contribution in [3.63, 3.8) is 0 Å². The normalized spacial score (nSPS) is 14.7. The number of aromatic hydroxyl groups is 1. The maximum atomic E-state index is 13.0. The van der Waals surface area contributed by atoms with Crippen molar-refractivity contribution in [1.82, 2.24) is 4.90 Å². The molecule has 1 aliphatic rings. The van der Waals surface area contributed by atoms with Crippen molar-refractivity contribution in [2.24, 2.45) is 0 Å². The molecule has 0 spiro atoms. The molecule has 0 atom stereocenters. The summed E-state index contributed by atoms with van der Waals surface area (Å²) < 4.78 is 11.9. The lowest BCUT2D eigenvalue weighted by atomic mass is 9.99. The molecule has 1 N–H and O–H groups in total. The molecule has 6 nitrogen and oxygen atoms in total. The van der Waals surface area contributed by atoms with Crippen molar-refractivity contribution in [3.8, 4) is 11.5 Å². The van der Waals surface area contributed by atoms with Gasteiger partial charge < -0.3 is 19.2 Å². The zero-order valence-corrected chi connectivity index (χ0v) is 20.9. The van der Waals surface area contributed by atoms with Crippen LogP contribution in [0.25, 0.3) is 11.0 Å². The van der Waals surface area contributed by atoms with Gasteiger partial charge in [-0.2, -0.15) is 0 Å². The third-order valence-corrected chi connectivity index (χ3v) is 6.62. The van der Waals surface area contributed by atoms with Gasteiger partial charge >= 0.3 is 5.63 Å². The monoisotopic (exact) mass is 475 g/mol. The molecule has 0 amide bonds. The summed E-state index contributed by atoms with van der Waals surface area (Å²) in [6.45, 7) is 7.86. The summed E-state index contributed by atoms with van der Waals surface area (Å²) in [7, 11) is 2.11. The first-order valence-electron chi connectivity index (χ1n) is 12.1. The van der Waals surface area contributed by atoms with Crippen molar-refractivity contribution in [2.75, 3.05) is 20.1 Å². The quantitative estimate of drug-likeness (QED) is 0.287. The second kappa shape index (κ2) is 10.5. The van der Waals surface area contributed by atoms with Crippen molar-refractivity contribution in [2.45, 2.75) is 52.6 Å². The molecule has 184 valence electrons. The molecule has 2 heterocycles. The maximum absolute atomic E-state index is 13.0. The number of Topliss-reactive ketones (excluding diaryl/α,β-unsaturated/α-hetero) is 1. The number of phenols is 1. The van der Waals surface area contributed by atoms with Gasteiger partial charge in [-0.15, -0.1) is 0 Å². The van der Waals surface area contributed by atoms with E-state index in [0.717, 1.165) is 48.2 Å². The van der Waals surface area contributed by atoms with Crippen molar-refractivity contribution < 1.29 is 19.1 Å². The molecular weight excluding hydrogens is 442 g/mol. The lowest BCUT2D eigenvalue weighted by molar-refractivity contribution is 0.0991. The molecule has 1 saturated heterocycles. The van der Waals surface area contributed by atoms with Crippen LogP contribution in [0.1, 0.15) is 53.7 Å². The number of rotatable bonds is 7. The van der Waals surface area contributed by atoms with E-state index in [9.17, 15) is 14.7 Å². The summed E-state index contributed by atoms with van der Waals surface area (Å²) in [4.78, 5) is 28.0. The number of phenolic OH excluding ortho intramolecular Hbond substituents is 1. The maximum Gasteiger partial charge on any atom is 0.339 e. The van der Waals surface area contributed by atoms with E-state index >= 15 is 0 Å². The first-order valence-corrected chi connectivity index (χ1v) is 12.1. The van der Waals surface area contributed by atoms with E-state index in [1.165, 1.54) is 6.07 Å². The minimum atomic E-state index is -0.520. The number of ketones is 1. The molecule has 0 aliphatic carbocycles. The van der Waals surface area contributed by atoms with Gasteiger partial charge in [-0.3, -0.25) is 4.79 Å². The highest BCUT2D eigenvalue weighted by Gasteiger charge is 2.20. The number of fused-ring (bicyclic) bond motifs is 1. The number of piperidine rings is 1. The number of benzene rings is 2. The standard InChI is InChI=1S/C29H33NO5/c1-18(2)5-6-20-15-21(7-9-25(20)31)26(32)17-23-16-22-8-10-27(19(3)28(22)35-29(23)33)34-24-11-13-30(4)14-12-24/h5,7-10,15-16,24,31H,6,11-14,17H2,1-4H3. The number of aryl methyl sites for hydroxylation is 1. The molecular formula is C29H33NO5. The van der Waals surface area contributed by atoms with Gasteiger partial charge in [-0.25, -0.2) is 4.79 Å². The van der Waals surface area contributed by atoms with E-state index in [-0.39, 0.29) is 24.1 Å². The first-order chi connectivity index (χ1) is 16.7. The van der Waals surface area contributed by atoms with E-state index in [4.69, 9.17) is 9.15 Å². The Kier molecular flexibility index (Phi) is 7.41. The topological polar surface area (TPSA) is 80.0 Å². The molecule has 1 aliphatic heterocycles. The Hall–Kier alpha value is -3.38. The highest BCUT2D eigenvalue weighted by atomic mass is 16.5. The fraction of sp³-hybridized carbons (Fsp3) is 0.379. The molecule has 35 heavy (non-hydrogen) atoms. The SMILES string of the molecule is CC(C)=CCc1cc(C(=O)Cc2cc3ccc(OC4CCN(C)CC4)c(C)c3oc2=O)ccc1O. The minimum absolute atomic E-state index is 0.0714. The van der Waals surface area contributed by atoms with Crippen molar-refractivity contribution >= 4 is 16.8 Å². The Balaban J connectivity index is 1.55. The van der Waals surface area contributed by atoms with Crippen LogP contribution >= 0.6 is 0 Å². The van der Waals surface area contributed by atoms with Gasteiger partial charge in [0.05, 0.1) is 0 Å². The van der Waals surface area contributed by atoms with E-state index in [0.29, 0.717) is 28.7 Å². The summed E-state index contributed by atoms with van der Waals surface area (Å²) in [6, 6.07) is 10.3. The van der Waals surface area contributed by atoms with Gasteiger partial charge in [0.1, 0.15) is 23.2 Å². The Morgan fingerprint density at radius 2 is 1.89 bits per heavy atom. The fourth-order valence-electron chi connectivity index (χ4n) is 4.39. The van der Waals surface area contributed by atoms with Gasteiger partial charge in [0.25, 0.3) is 0 Å². The van der Waals surface area contributed by atoms with E-state index in [1.54, 1.807) is 18.2 Å². The number of likely N-dealkylation sites (tertiary alicyclic amines) is 1. The molecule has 3 aromatic rings. The van der Waals surface area contributed by atoms with Crippen LogP contribution in [0.4, 0.5) is 0 Å². The summed E-state index contributed by atoms with van der Waals surface area (Å²) >= 11 is 0. The highest BCUT2D eigenvalue weighted by Crippen LogP contribution is 2.29. The van der Waals surface area contributed by atoms with E-state index in [2.05, 4.69) is 11.9 Å². The van der Waals surface area contributed by atoms with Crippen LogP contribution in [0.2, 0.25) is 0 Å². The van der Waals surface area contributed by atoms with Gasteiger partial charge in [-0.05, 0) is 89.0 Å². The van der Waals surface area contributed by atoms with Crippen LogP contribution in [0.5, 0.6) is 11.5 Å². The fourth-order valence-corrected chi connectivity index (χ4v) is 4.39. The summed E-state index contributed by atoms with van der Waals surface area (Å²) in [6.07, 6.45) is 4.54. The van der Waals surface area contributed by atoms with Gasteiger partial charge in [0.2, 0.25) is 0 Å². The Morgan fingerprint density at radius 1 is 1.14 bits per heavy atom. The van der Waals surface area contributed by atoms with Crippen molar-refractivity contribution in [3.05, 3.63) is 80.7 Å². The number of ether oxygens (including phenoxy) is 1. The molecule has 0 saturated carbocycles. The summed E-state index contributed by atoms with van der Waals surface area (Å²) in [5.74, 6) is 0.680. The number of carbonyl (C=O) groups excluding carboxylic acids is 1. The predicted molar refractivity (Wildman–Crippen MR) is 138 cm³/mol. The Morgan fingerprint density at radius 3 is 2.60 bits per heavy atom. The average molecular weight is 476 g/mol. The van der Waals surface area contributed by atoms with Crippen LogP contribution in [-0.4, -0.2) is 42.0 Å². The molecule has 1 aromatic heterocycles. The molecule has 0 bridgehead atoms. The predicted octanol–water partition coefficient (Wildman–Crippen LogP) is 5.21. The molecule has 2 aromatic carbocycles. The molecule has 0 radical (unpaired) electrons. The van der Waals surface area contributed by atoms with Gasteiger partial charge in [0, 0.05) is 41.6 Å². The van der Waals surface area contributed by atoms with Crippen LogP contribution in [0.15, 0.2) is 57.3 Å². The molecule has 4 rings (SSSR count). The number of allylic oxidation sites excluding steroid dienone is 2. The minimum Gasteiger partial charge on any atom is -0.508 e. The average Bonchev–Trinajstić information content (AvgIpc) is 2.82. The Bertz CT molecular complexity index is 1320. The van der Waals surface area contributed by atoms with E-state index in [1.807, 2.05) is 39.0 Å². The van der Waals surface area contributed by atoms with Gasteiger partial charge in [0.15, 0.2) is 5.78 Å². The number of nitrogens with zero attached hydrogens (tertiary/aromatic N) is 1.